The second-order valence-electron chi connectivity index (χ2n) is 6.07. The molecule has 2 heterocycles. The quantitative estimate of drug-likeness (QED) is 0.828. The Morgan fingerprint density at radius 3 is 2.79 bits per heavy atom. The number of rotatable bonds is 5. The van der Waals surface area contributed by atoms with Crippen LogP contribution in [-0.4, -0.2) is 37.7 Å². The molecule has 2 aliphatic rings. The van der Waals surface area contributed by atoms with Gasteiger partial charge in [-0.3, -0.25) is 4.79 Å². The second-order valence-corrected chi connectivity index (χ2v) is 6.07. The van der Waals surface area contributed by atoms with Gasteiger partial charge in [-0.05, 0) is 45.1 Å². The SMILES string of the molecule is CC(CCCN)C(=O)C1CCOC2(CCOCC2)C1. The number of Topliss-reactive ketones (excluding diaryl/α,β-unsaturated/α-hetero) is 1. The van der Waals surface area contributed by atoms with E-state index in [0.29, 0.717) is 12.3 Å². The molecule has 0 bridgehead atoms. The van der Waals surface area contributed by atoms with Crippen molar-refractivity contribution in [2.75, 3.05) is 26.4 Å². The summed E-state index contributed by atoms with van der Waals surface area (Å²) in [7, 11) is 0. The molecule has 0 aromatic heterocycles. The summed E-state index contributed by atoms with van der Waals surface area (Å²) in [6, 6.07) is 0. The third kappa shape index (κ3) is 3.77. The number of nitrogens with two attached hydrogens (primary N) is 1. The molecule has 2 fully saturated rings. The van der Waals surface area contributed by atoms with E-state index in [1.165, 1.54) is 0 Å². The molecule has 2 unspecified atom stereocenters. The summed E-state index contributed by atoms with van der Waals surface area (Å²) in [5.41, 5.74) is 5.44. The van der Waals surface area contributed by atoms with Gasteiger partial charge in [0.25, 0.3) is 0 Å². The lowest BCUT2D eigenvalue weighted by molar-refractivity contribution is -0.158. The lowest BCUT2D eigenvalue weighted by atomic mass is 9.76. The highest BCUT2D eigenvalue weighted by Gasteiger charge is 2.41. The first-order chi connectivity index (χ1) is 9.17. The predicted molar refractivity (Wildman–Crippen MR) is 73.9 cm³/mol. The van der Waals surface area contributed by atoms with Gasteiger partial charge in [-0.2, -0.15) is 0 Å². The molecule has 2 aliphatic heterocycles. The third-order valence-electron chi connectivity index (χ3n) is 4.63. The Labute approximate surface area is 116 Å². The molecule has 0 radical (unpaired) electrons. The first-order valence-corrected chi connectivity index (χ1v) is 7.62. The summed E-state index contributed by atoms with van der Waals surface area (Å²) in [6.45, 7) is 4.98. The van der Waals surface area contributed by atoms with E-state index in [4.69, 9.17) is 15.2 Å². The highest BCUT2D eigenvalue weighted by Crippen LogP contribution is 2.38. The van der Waals surface area contributed by atoms with Crippen LogP contribution in [0.15, 0.2) is 0 Å². The van der Waals surface area contributed by atoms with E-state index >= 15 is 0 Å². The number of ketones is 1. The van der Waals surface area contributed by atoms with Crippen LogP contribution in [0.1, 0.15) is 45.4 Å². The monoisotopic (exact) mass is 269 g/mol. The molecule has 2 saturated heterocycles. The van der Waals surface area contributed by atoms with Crippen molar-refractivity contribution in [2.24, 2.45) is 17.6 Å². The molecule has 2 rings (SSSR count). The minimum absolute atomic E-state index is 0.0790. The van der Waals surface area contributed by atoms with Gasteiger partial charge in [0.1, 0.15) is 5.78 Å². The van der Waals surface area contributed by atoms with E-state index in [0.717, 1.165) is 58.3 Å². The normalized spacial score (nSPS) is 28.2. The molecule has 19 heavy (non-hydrogen) atoms. The van der Waals surface area contributed by atoms with Gasteiger partial charge in [-0.1, -0.05) is 6.92 Å². The molecule has 0 aliphatic carbocycles. The Bertz CT molecular complexity index is 294. The molecular formula is C15H27NO3. The first-order valence-electron chi connectivity index (χ1n) is 7.62. The van der Waals surface area contributed by atoms with Gasteiger partial charge in [-0.25, -0.2) is 0 Å². The molecule has 2 N–H and O–H groups in total. The molecule has 1 spiro atoms. The number of carbonyl (C=O) groups is 1. The van der Waals surface area contributed by atoms with E-state index in [9.17, 15) is 4.79 Å². The molecule has 0 saturated carbocycles. The fourth-order valence-corrected chi connectivity index (χ4v) is 3.33. The van der Waals surface area contributed by atoms with Crippen molar-refractivity contribution < 1.29 is 14.3 Å². The maximum absolute atomic E-state index is 12.5. The summed E-state index contributed by atoms with van der Waals surface area (Å²) in [6.07, 6.45) is 5.51. The molecule has 0 amide bonds. The van der Waals surface area contributed by atoms with Crippen molar-refractivity contribution >= 4 is 5.78 Å². The fourth-order valence-electron chi connectivity index (χ4n) is 3.33. The van der Waals surface area contributed by atoms with Crippen molar-refractivity contribution in [2.45, 2.75) is 51.0 Å². The smallest absolute Gasteiger partial charge is 0.138 e. The zero-order valence-corrected chi connectivity index (χ0v) is 12.0. The Morgan fingerprint density at radius 1 is 1.37 bits per heavy atom. The number of hydrogen-bond acceptors (Lipinski definition) is 4. The minimum atomic E-state index is -0.0790. The van der Waals surface area contributed by atoms with Crippen LogP contribution in [0.5, 0.6) is 0 Å². The van der Waals surface area contributed by atoms with Crippen molar-refractivity contribution in [3.05, 3.63) is 0 Å². The van der Waals surface area contributed by atoms with Gasteiger partial charge >= 0.3 is 0 Å². The fraction of sp³-hybridized carbons (Fsp3) is 0.933. The maximum atomic E-state index is 12.5. The van der Waals surface area contributed by atoms with Crippen LogP contribution in [0, 0.1) is 11.8 Å². The van der Waals surface area contributed by atoms with Crippen LogP contribution in [0.25, 0.3) is 0 Å². The van der Waals surface area contributed by atoms with Gasteiger partial charge in [0.05, 0.1) is 5.60 Å². The summed E-state index contributed by atoms with van der Waals surface area (Å²) in [4.78, 5) is 12.5. The van der Waals surface area contributed by atoms with Crippen molar-refractivity contribution in [1.82, 2.24) is 0 Å². The molecular weight excluding hydrogens is 242 g/mol. The molecule has 2 atom stereocenters. The minimum Gasteiger partial charge on any atom is -0.381 e. The van der Waals surface area contributed by atoms with Crippen LogP contribution < -0.4 is 5.73 Å². The molecule has 4 nitrogen and oxygen atoms in total. The predicted octanol–water partition coefficient (Wildman–Crippen LogP) is 1.91. The zero-order valence-electron chi connectivity index (χ0n) is 12.0. The van der Waals surface area contributed by atoms with Crippen molar-refractivity contribution in [3.63, 3.8) is 0 Å². The molecule has 4 heteroatoms. The maximum Gasteiger partial charge on any atom is 0.138 e. The first kappa shape index (κ1) is 14.9. The highest BCUT2D eigenvalue weighted by atomic mass is 16.5. The molecule has 0 aromatic rings. The Hall–Kier alpha value is -0.450. The molecule has 0 aromatic carbocycles. The van der Waals surface area contributed by atoms with Gasteiger partial charge in [0, 0.05) is 31.7 Å². The van der Waals surface area contributed by atoms with Crippen molar-refractivity contribution in [1.29, 1.82) is 0 Å². The largest absolute Gasteiger partial charge is 0.381 e. The Balaban J connectivity index is 1.91. The molecule has 110 valence electrons. The number of hydrogen-bond donors (Lipinski definition) is 1. The number of ether oxygens (including phenoxy) is 2. The highest BCUT2D eigenvalue weighted by molar-refractivity contribution is 5.83. The van der Waals surface area contributed by atoms with E-state index in [1.807, 2.05) is 6.92 Å². The average molecular weight is 269 g/mol. The summed E-state index contributed by atoms with van der Waals surface area (Å²) in [5.74, 6) is 0.741. The van der Waals surface area contributed by atoms with E-state index in [2.05, 4.69) is 0 Å². The van der Waals surface area contributed by atoms with Crippen LogP contribution in [0.4, 0.5) is 0 Å². The van der Waals surface area contributed by atoms with Gasteiger partial charge in [0.15, 0.2) is 0 Å². The topological polar surface area (TPSA) is 61.6 Å². The van der Waals surface area contributed by atoms with Crippen LogP contribution >= 0.6 is 0 Å². The number of carbonyl (C=O) groups excluding carboxylic acids is 1. The summed E-state index contributed by atoms with van der Waals surface area (Å²) >= 11 is 0. The van der Waals surface area contributed by atoms with Crippen LogP contribution in [-0.2, 0) is 14.3 Å². The summed E-state index contributed by atoms with van der Waals surface area (Å²) < 4.78 is 11.4. The summed E-state index contributed by atoms with van der Waals surface area (Å²) in [5, 5.41) is 0. The van der Waals surface area contributed by atoms with Crippen LogP contribution in [0.2, 0.25) is 0 Å². The zero-order chi connectivity index (χ0) is 13.7. The van der Waals surface area contributed by atoms with Gasteiger partial charge in [-0.15, -0.1) is 0 Å². The Morgan fingerprint density at radius 2 is 2.11 bits per heavy atom. The Kier molecular flexibility index (Phi) is 5.37. The van der Waals surface area contributed by atoms with E-state index in [1.54, 1.807) is 0 Å². The average Bonchev–Trinajstić information content (AvgIpc) is 2.45. The lowest BCUT2D eigenvalue weighted by Crippen LogP contribution is -2.46. The van der Waals surface area contributed by atoms with Gasteiger partial charge < -0.3 is 15.2 Å². The second kappa shape index (κ2) is 6.82. The van der Waals surface area contributed by atoms with Crippen LogP contribution in [0.3, 0.4) is 0 Å². The van der Waals surface area contributed by atoms with Crippen molar-refractivity contribution in [3.8, 4) is 0 Å². The van der Waals surface area contributed by atoms with E-state index < -0.39 is 0 Å². The third-order valence-corrected chi connectivity index (χ3v) is 4.63. The standard InChI is InChI=1S/C15H27NO3/c1-12(3-2-7-16)14(17)13-4-8-19-15(11-13)5-9-18-10-6-15/h12-13H,2-11,16H2,1H3. The van der Waals surface area contributed by atoms with Gasteiger partial charge in [0.2, 0.25) is 0 Å². The van der Waals surface area contributed by atoms with E-state index in [-0.39, 0.29) is 17.4 Å². The lowest BCUT2D eigenvalue weighted by Gasteiger charge is -2.43.